The van der Waals surface area contributed by atoms with Gasteiger partial charge in [0.1, 0.15) is 5.60 Å². The minimum atomic E-state index is -0.607. The zero-order chi connectivity index (χ0) is 20.0. The van der Waals surface area contributed by atoms with Crippen molar-refractivity contribution in [2.75, 3.05) is 12.4 Å². The molecule has 0 heterocycles. The minimum absolute atomic E-state index is 0.0356. The van der Waals surface area contributed by atoms with Crippen LogP contribution in [0.15, 0.2) is 42.5 Å². The molecule has 144 valence electrons. The highest BCUT2D eigenvalue weighted by Crippen LogP contribution is 2.26. The van der Waals surface area contributed by atoms with E-state index in [0.717, 1.165) is 5.56 Å². The molecule has 3 N–H and O–H groups in total. The molecule has 0 aliphatic carbocycles. The molecular formula is C20H24N2O5. The molecule has 0 radical (unpaired) electrons. The molecule has 0 aromatic heterocycles. The highest BCUT2D eigenvalue weighted by molar-refractivity contribution is 5.96. The van der Waals surface area contributed by atoms with Crippen molar-refractivity contribution in [1.29, 1.82) is 0 Å². The molecule has 7 nitrogen and oxygen atoms in total. The number of methoxy groups -OCH3 is 1. The van der Waals surface area contributed by atoms with Gasteiger partial charge in [0.2, 0.25) is 0 Å². The number of ether oxygens (including phenoxy) is 2. The van der Waals surface area contributed by atoms with Crippen LogP contribution in [0.5, 0.6) is 11.5 Å². The second-order valence-electron chi connectivity index (χ2n) is 6.90. The maximum atomic E-state index is 12.4. The van der Waals surface area contributed by atoms with Crippen LogP contribution in [-0.2, 0) is 11.3 Å². The average molecular weight is 372 g/mol. The highest BCUT2D eigenvalue weighted by atomic mass is 16.6. The fourth-order valence-corrected chi connectivity index (χ4v) is 2.28. The molecule has 0 fully saturated rings. The van der Waals surface area contributed by atoms with Crippen molar-refractivity contribution in [3.8, 4) is 11.5 Å². The number of anilines is 1. The molecule has 0 bridgehead atoms. The number of nitrogens with one attached hydrogen (secondary N) is 2. The lowest BCUT2D eigenvalue weighted by molar-refractivity contribution is 0.0635. The first-order chi connectivity index (χ1) is 12.7. The van der Waals surface area contributed by atoms with Crippen molar-refractivity contribution in [3.05, 3.63) is 53.6 Å². The quantitative estimate of drug-likeness (QED) is 0.744. The standard InChI is InChI=1S/C20H24N2O5/c1-20(2,3)27-19(25)22-15-7-5-6-14(11-15)18(24)21-12-13-8-9-16(23)17(10-13)26-4/h5-11,23H,12H2,1-4H3,(H,21,24)(H,22,25). The van der Waals surface area contributed by atoms with Gasteiger partial charge in [-0.3, -0.25) is 10.1 Å². The number of carbonyl (C=O) groups excluding carboxylic acids is 2. The molecule has 7 heteroatoms. The van der Waals surface area contributed by atoms with E-state index in [2.05, 4.69) is 10.6 Å². The van der Waals surface area contributed by atoms with Crippen LogP contribution >= 0.6 is 0 Å². The smallest absolute Gasteiger partial charge is 0.412 e. The lowest BCUT2D eigenvalue weighted by Gasteiger charge is -2.19. The van der Waals surface area contributed by atoms with Crippen LogP contribution in [-0.4, -0.2) is 29.8 Å². The molecule has 0 unspecified atom stereocenters. The number of benzene rings is 2. The first kappa shape index (κ1) is 20.1. The summed E-state index contributed by atoms with van der Waals surface area (Å²) in [6, 6.07) is 11.4. The number of carbonyl (C=O) groups is 2. The predicted molar refractivity (Wildman–Crippen MR) is 102 cm³/mol. The van der Waals surface area contributed by atoms with Gasteiger partial charge in [0.25, 0.3) is 5.91 Å². The van der Waals surface area contributed by atoms with Crippen molar-refractivity contribution < 1.29 is 24.2 Å². The molecule has 2 amide bonds. The lowest BCUT2D eigenvalue weighted by Crippen LogP contribution is -2.27. The van der Waals surface area contributed by atoms with E-state index < -0.39 is 11.7 Å². The van der Waals surface area contributed by atoms with Crippen molar-refractivity contribution in [3.63, 3.8) is 0 Å². The molecule has 0 atom stereocenters. The van der Waals surface area contributed by atoms with Gasteiger partial charge >= 0.3 is 6.09 Å². The van der Waals surface area contributed by atoms with Crippen molar-refractivity contribution in [2.24, 2.45) is 0 Å². The van der Waals surface area contributed by atoms with E-state index >= 15 is 0 Å². The Hall–Kier alpha value is -3.22. The van der Waals surface area contributed by atoms with Gasteiger partial charge in [0, 0.05) is 17.8 Å². The Labute approximate surface area is 158 Å². The molecular weight excluding hydrogens is 348 g/mol. The average Bonchev–Trinajstić information content (AvgIpc) is 2.59. The molecule has 0 spiro atoms. The Morgan fingerprint density at radius 3 is 2.52 bits per heavy atom. The minimum Gasteiger partial charge on any atom is -0.504 e. The van der Waals surface area contributed by atoms with Gasteiger partial charge in [0.15, 0.2) is 11.5 Å². The zero-order valence-electron chi connectivity index (χ0n) is 15.8. The second kappa shape index (κ2) is 8.44. The van der Waals surface area contributed by atoms with Gasteiger partial charge in [-0.05, 0) is 56.7 Å². The Kier molecular flexibility index (Phi) is 6.28. The molecule has 27 heavy (non-hydrogen) atoms. The number of aromatic hydroxyl groups is 1. The van der Waals surface area contributed by atoms with E-state index in [1.165, 1.54) is 13.2 Å². The SMILES string of the molecule is COc1cc(CNC(=O)c2cccc(NC(=O)OC(C)(C)C)c2)ccc1O. The van der Waals surface area contributed by atoms with Crippen molar-refractivity contribution in [2.45, 2.75) is 32.9 Å². The number of amides is 2. The molecule has 2 rings (SSSR count). The summed E-state index contributed by atoms with van der Waals surface area (Å²) in [5, 5.41) is 15.0. The third kappa shape index (κ3) is 6.22. The van der Waals surface area contributed by atoms with E-state index in [1.807, 2.05) is 0 Å². The topological polar surface area (TPSA) is 96.9 Å². The Balaban J connectivity index is 1.99. The van der Waals surface area contributed by atoms with Crippen LogP contribution in [0.1, 0.15) is 36.7 Å². The summed E-state index contributed by atoms with van der Waals surface area (Å²) in [4.78, 5) is 24.2. The first-order valence-corrected chi connectivity index (χ1v) is 8.42. The normalized spacial score (nSPS) is 10.8. The molecule has 0 saturated heterocycles. The largest absolute Gasteiger partial charge is 0.504 e. The fourth-order valence-electron chi connectivity index (χ4n) is 2.28. The fraction of sp³-hybridized carbons (Fsp3) is 0.300. The van der Waals surface area contributed by atoms with E-state index in [4.69, 9.17) is 9.47 Å². The Morgan fingerprint density at radius 2 is 1.85 bits per heavy atom. The van der Waals surface area contributed by atoms with Crippen LogP contribution in [0.25, 0.3) is 0 Å². The predicted octanol–water partition coefficient (Wildman–Crippen LogP) is 3.68. The molecule has 0 aliphatic rings. The van der Waals surface area contributed by atoms with Crippen molar-refractivity contribution >= 4 is 17.7 Å². The summed E-state index contributed by atoms with van der Waals surface area (Å²) in [7, 11) is 1.46. The van der Waals surface area contributed by atoms with Gasteiger partial charge in [-0.25, -0.2) is 4.79 Å². The van der Waals surface area contributed by atoms with E-state index in [9.17, 15) is 14.7 Å². The first-order valence-electron chi connectivity index (χ1n) is 8.42. The van der Waals surface area contributed by atoms with Gasteiger partial charge in [-0.2, -0.15) is 0 Å². The van der Waals surface area contributed by atoms with Crippen molar-refractivity contribution in [1.82, 2.24) is 5.32 Å². The van der Waals surface area contributed by atoms with Gasteiger partial charge < -0.3 is 19.9 Å². The maximum absolute atomic E-state index is 12.4. The van der Waals surface area contributed by atoms with Crippen LogP contribution in [0.3, 0.4) is 0 Å². The molecule has 2 aromatic carbocycles. The molecule has 0 saturated carbocycles. The van der Waals surface area contributed by atoms with Crippen LogP contribution in [0.4, 0.5) is 10.5 Å². The number of hydrogen-bond donors (Lipinski definition) is 3. The van der Waals surface area contributed by atoms with E-state index in [0.29, 0.717) is 17.0 Å². The summed E-state index contributed by atoms with van der Waals surface area (Å²) in [6.07, 6.45) is -0.587. The van der Waals surface area contributed by atoms with Gasteiger partial charge in [-0.15, -0.1) is 0 Å². The summed E-state index contributed by atoms with van der Waals surface area (Å²) in [5.74, 6) is 0.0775. The summed E-state index contributed by atoms with van der Waals surface area (Å²) in [5.41, 5.74) is 1.03. The lowest BCUT2D eigenvalue weighted by atomic mass is 10.1. The van der Waals surface area contributed by atoms with Crippen LogP contribution < -0.4 is 15.4 Å². The number of phenolic OH excluding ortho intramolecular Hbond substituents is 1. The molecule has 0 aliphatic heterocycles. The van der Waals surface area contributed by atoms with Gasteiger partial charge in [0.05, 0.1) is 7.11 Å². The number of phenols is 1. The summed E-state index contributed by atoms with van der Waals surface area (Å²) < 4.78 is 10.2. The van der Waals surface area contributed by atoms with Gasteiger partial charge in [-0.1, -0.05) is 12.1 Å². The third-order valence-corrected chi connectivity index (χ3v) is 3.47. The van der Waals surface area contributed by atoms with Crippen LogP contribution in [0, 0.1) is 0 Å². The number of hydrogen-bond acceptors (Lipinski definition) is 5. The Bertz CT molecular complexity index is 827. The third-order valence-electron chi connectivity index (χ3n) is 3.47. The summed E-state index contributed by atoms with van der Waals surface area (Å²) in [6.45, 7) is 5.58. The monoisotopic (exact) mass is 372 g/mol. The zero-order valence-corrected chi connectivity index (χ0v) is 15.8. The van der Waals surface area contributed by atoms with Crippen LogP contribution in [0.2, 0.25) is 0 Å². The maximum Gasteiger partial charge on any atom is 0.412 e. The van der Waals surface area contributed by atoms with E-state index in [1.54, 1.807) is 57.2 Å². The highest BCUT2D eigenvalue weighted by Gasteiger charge is 2.16. The number of rotatable bonds is 5. The Morgan fingerprint density at radius 1 is 1.11 bits per heavy atom. The summed E-state index contributed by atoms with van der Waals surface area (Å²) >= 11 is 0. The second-order valence-corrected chi connectivity index (χ2v) is 6.90. The van der Waals surface area contributed by atoms with E-state index in [-0.39, 0.29) is 18.2 Å². The molecule has 2 aromatic rings.